The number of fused-ring (bicyclic) bond motifs is 2. The second-order valence-electron chi connectivity index (χ2n) is 10.2. The highest BCUT2D eigenvalue weighted by Gasteiger charge is 2.34. The summed E-state index contributed by atoms with van der Waals surface area (Å²) in [5.74, 6) is 0. The van der Waals surface area contributed by atoms with Gasteiger partial charge in [-0.25, -0.2) is 4.79 Å². The Bertz CT molecular complexity index is 1050. The molecule has 3 heterocycles. The molecule has 0 spiro atoms. The summed E-state index contributed by atoms with van der Waals surface area (Å²) in [6.45, 7) is 4.45. The van der Waals surface area contributed by atoms with Crippen molar-refractivity contribution in [2.24, 2.45) is 0 Å². The maximum atomic E-state index is 12.2. The molecule has 2 atom stereocenters. The van der Waals surface area contributed by atoms with Gasteiger partial charge in [-0.15, -0.1) is 0 Å². The first kappa shape index (κ1) is 24.9. The zero-order valence-electron chi connectivity index (χ0n) is 21.0. The van der Waals surface area contributed by atoms with Crippen LogP contribution in [0.4, 0.5) is 4.79 Å². The third-order valence-electron chi connectivity index (χ3n) is 7.90. The molecule has 1 fully saturated rings. The number of pyridine rings is 1. The second-order valence-corrected chi connectivity index (χ2v) is 10.2. The van der Waals surface area contributed by atoms with E-state index in [9.17, 15) is 9.90 Å². The number of hydrogen-bond donors (Lipinski definition) is 2. The Kier molecular flexibility index (Phi) is 8.31. The van der Waals surface area contributed by atoms with Gasteiger partial charge in [-0.1, -0.05) is 42.5 Å². The number of ether oxygens (including phenoxy) is 1. The lowest BCUT2D eigenvalue weighted by Gasteiger charge is -2.41. The minimum absolute atomic E-state index is 0.0831. The molecular formula is C29H38N4O3. The summed E-state index contributed by atoms with van der Waals surface area (Å²) in [4.78, 5) is 21.1. The van der Waals surface area contributed by atoms with E-state index in [1.807, 2.05) is 18.3 Å². The largest absolute Gasteiger partial charge is 0.465 e. The van der Waals surface area contributed by atoms with Crippen LogP contribution in [0.1, 0.15) is 54.1 Å². The Morgan fingerprint density at radius 1 is 1.11 bits per heavy atom. The highest BCUT2D eigenvalue weighted by atomic mass is 16.5. The first-order valence-electron chi connectivity index (χ1n) is 13.4. The average Bonchev–Trinajstić information content (AvgIpc) is 2.92. The lowest BCUT2D eigenvalue weighted by molar-refractivity contribution is 0.0789. The minimum atomic E-state index is -0.840. The fraction of sp³-hybridized carbons (Fsp3) is 0.517. The number of aromatic nitrogens is 1. The molecule has 1 aromatic carbocycles. The third kappa shape index (κ3) is 5.97. The van der Waals surface area contributed by atoms with E-state index in [-0.39, 0.29) is 12.1 Å². The van der Waals surface area contributed by atoms with Crippen LogP contribution >= 0.6 is 0 Å². The standard InChI is InChI=1S/C29H38N4O3/c34-29(35)33-20-24-8-2-1-7-23(24)19-26(33)21-32(16-4-3-14-30-25-12-17-36-18-13-25)27-11-5-9-22-10-6-15-31-28(22)27/h1-4,6-8,10,15,25-27,30H,5,9,11-14,16-21H2,(H,34,35)/b4-3+. The van der Waals surface area contributed by atoms with Gasteiger partial charge in [0.1, 0.15) is 0 Å². The Hall–Kier alpha value is -2.74. The zero-order chi connectivity index (χ0) is 24.7. The van der Waals surface area contributed by atoms with Crippen LogP contribution in [-0.2, 0) is 24.1 Å². The van der Waals surface area contributed by atoms with Crippen molar-refractivity contribution in [2.45, 2.75) is 63.2 Å². The van der Waals surface area contributed by atoms with Gasteiger partial charge in [-0.3, -0.25) is 14.8 Å². The number of nitrogens with zero attached hydrogens (tertiary/aromatic N) is 3. The molecule has 36 heavy (non-hydrogen) atoms. The van der Waals surface area contributed by atoms with E-state index in [0.29, 0.717) is 19.1 Å². The van der Waals surface area contributed by atoms with E-state index in [1.54, 1.807) is 4.90 Å². The molecule has 192 valence electrons. The number of hydrogen-bond acceptors (Lipinski definition) is 5. The molecule has 2 aliphatic heterocycles. The predicted octanol–water partition coefficient (Wildman–Crippen LogP) is 4.19. The molecule has 0 saturated carbocycles. The molecule has 2 aromatic rings. The van der Waals surface area contributed by atoms with Gasteiger partial charge in [0, 0.05) is 51.6 Å². The summed E-state index contributed by atoms with van der Waals surface area (Å²) in [5, 5.41) is 13.7. The van der Waals surface area contributed by atoms with Gasteiger partial charge in [0.2, 0.25) is 0 Å². The van der Waals surface area contributed by atoms with Crippen molar-refractivity contribution >= 4 is 6.09 Å². The molecule has 5 rings (SSSR count). The molecule has 2 unspecified atom stereocenters. The molecule has 0 bridgehead atoms. The third-order valence-corrected chi connectivity index (χ3v) is 7.90. The molecule has 7 nitrogen and oxygen atoms in total. The fourth-order valence-electron chi connectivity index (χ4n) is 5.94. The van der Waals surface area contributed by atoms with Crippen molar-refractivity contribution in [1.29, 1.82) is 0 Å². The SMILES string of the molecule is O=C(O)N1Cc2ccccc2CC1CN(C/C=C/CNC1CCOCC1)C1CCCc2cccnc21. The topological polar surface area (TPSA) is 77.9 Å². The first-order valence-corrected chi connectivity index (χ1v) is 13.4. The molecule has 1 saturated heterocycles. The number of nitrogens with one attached hydrogen (secondary N) is 1. The van der Waals surface area contributed by atoms with Gasteiger partial charge in [-0.05, 0) is 61.3 Å². The highest BCUT2D eigenvalue weighted by Crippen LogP contribution is 2.34. The molecule has 1 aromatic heterocycles. The monoisotopic (exact) mass is 490 g/mol. The van der Waals surface area contributed by atoms with Gasteiger partial charge in [0.25, 0.3) is 0 Å². The zero-order valence-corrected chi connectivity index (χ0v) is 21.0. The molecular weight excluding hydrogens is 452 g/mol. The van der Waals surface area contributed by atoms with Crippen LogP contribution in [0.3, 0.4) is 0 Å². The molecule has 1 aliphatic carbocycles. The van der Waals surface area contributed by atoms with Crippen LogP contribution in [0.5, 0.6) is 0 Å². The van der Waals surface area contributed by atoms with E-state index < -0.39 is 6.09 Å². The number of amides is 1. The van der Waals surface area contributed by atoms with Crippen LogP contribution in [0.15, 0.2) is 54.7 Å². The van der Waals surface area contributed by atoms with Crippen molar-refractivity contribution in [3.8, 4) is 0 Å². The molecule has 2 N–H and O–H groups in total. The number of benzene rings is 1. The normalized spacial score (nSPS) is 22.5. The van der Waals surface area contributed by atoms with Gasteiger partial charge >= 0.3 is 6.09 Å². The Morgan fingerprint density at radius 2 is 1.92 bits per heavy atom. The predicted molar refractivity (Wildman–Crippen MR) is 140 cm³/mol. The average molecular weight is 491 g/mol. The summed E-state index contributed by atoms with van der Waals surface area (Å²) in [6.07, 6.45) is 11.6. The van der Waals surface area contributed by atoms with Crippen molar-refractivity contribution < 1.29 is 14.6 Å². The van der Waals surface area contributed by atoms with Gasteiger partial charge in [0.05, 0.1) is 17.8 Å². The Labute approximate surface area is 214 Å². The smallest absolute Gasteiger partial charge is 0.407 e. The molecule has 3 aliphatic rings. The second kappa shape index (κ2) is 12.0. The van der Waals surface area contributed by atoms with Crippen molar-refractivity contribution in [3.05, 3.63) is 77.1 Å². The summed E-state index contributed by atoms with van der Waals surface area (Å²) in [6, 6.07) is 13.1. The van der Waals surface area contributed by atoms with E-state index in [0.717, 1.165) is 76.1 Å². The number of rotatable bonds is 8. The quantitative estimate of drug-likeness (QED) is 0.541. The van der Waals surface area contributed by atoms with Crippen molar-refractivity contribution in [3.63, 3.8) is 0 Å². The lowest BCUT2D eigenvalue weighted by Crippen LogP contribution is -2.50. The summed E-state index contributed by atoms with van der Waals surface area (Å²) in [7, 11) is 0. The molecule has 7 heteroatoms. The van der Waals surface area contributed by atoms with Gasteiger partial charge < -0.3 is 15.2 Å². The highest BCUT2D eigenvalue weighted by molar-refractivity contribution is 5.66. The maximum absolute atomic E-state index is 12.2. The number of carboxylic acid groups (broad SMARTS) is 1. The van der Waals surface area contributed by atoms with E-state index in [1.165, 1.54) is 11.1 Å². The van der Waals surface area contributed by atoms with E-state index >= 15 is 0 Å². The Morgan fingerprint density at radius 3 is 2.75 bits per heavy atom. The molecule has 0 radical (unpaired) electrons. The fourth-order valence-corrected chi connectivity index (χ4v) is 5.94. The molecule has 1 amide bonds. The minimum Gasteiger partial charge on any atom is -0.465 e. The van der Waals surface area contributed by atoms with E-state index in [2.05, 4.69) is 46.6 Å². The van der Waals surface area contributed by atoms with Crippen molar-refractivity contribution in [2.75, 3.05) is 32.8 Å². The van der Waals surface area contributed by atoms with E-state index in [4.69, 9.17) is 9.72 Å². The first-order chi connectivity index (χ1) is 17.7. The summed E-state index contributed by atoms with van der Waals surface area (Å²) < 4.78 is 5.46. The van der Waals surface area contributed by atoms with Crippen LogP contribution in [0.2, 0.25) is 0 Å². The van der Waals surface area contributed by atoms with Gasteiger partial charge in [-0.2, -0.15) is 0 Å². The van der Waals surface area contributed by atoms with Crippen LogP contribution in [-0.4, -0.2) is 70.9 Å². The van der Waals surface area contributed by atoms with Crippen molar-refractivity contribution in [1.82, 2.24) is 20.1 Å². The van der Waals surface area contributed by atoms with Crippen LogP contribution in [0.25, 0.3) is 0 Å². The van der Waals surface area contributed by atoms with Crippen LogP contribution < -0.4 is 5.32 Å². The lowest BCUT2D eigenvalue weighted by atomic mass is 9.89. The van der Waals surface area contributed by atoms with Gasteiger partial charge in [0.15, 0.2) is 0 Å². The number of aryl methyl sites for hydroxylation is 1. The summed E-state index contributed by atoms with van der Waals surface area (Å²) in [5.41, 5.74) is 4.87. The summed E-state index contributed by atoms with van der Waals surface area (Å²) >= 11 is 0. The maximum Gasteiger partial charge on any atom is 0.407 e. The number of carbonyl (C=O) groups is 1. The van der Waals surface area contributed by atoms with Crippen LogP contribution in [0, 0.1) is 0 Å². The Balaban J connectivity index is 1.32.